The Bertz CT molecular complexity index is 387. The molecule has 0 bridgehead atoms. The van der Waals surface area contributed by atoms with Crippen molar-refractivity contribution in [3.05, 3.63) is 29.3 Å². The van der Waals surface area contributed by atoms with Gasteiger partial charge in [-0.15, -0.1) is 0 Å². The molecular weight excluding hydrogens is 258 g/mol. The molecule has 1 unspecified atom stereocenters. The molecule has 21 heavy (non-hydrogen) atoms. The first kappa shape index (κ1) is 18.0. The highest BCUT2D eigenvalue weighted by atomic mass is 16.5. The summed E-state index contributed by atoms with van der Waals surface area (Å²) in [5.41, 5.74) is 8.33. The average molecular weight is 291 g/mol. The van der Waals surface area contributed by atoms with Crippen molar-refractivity contribution in [2.45, 2.75) is 78.2 Å². The summed E-state index contributed by atoms with van der Waals surface area (Å²) in [4.78, 5) is 0. The van der Waals surface area contributed by atoms with Crippen molar-refractivity contribution in [1.82, 2.24) is 0 Å². The van der Waals surface area contributed by atoms with Gasteiger partial charge in [0.05, 0.1) is 6.61 Å². The lowest BCUT2D eigenvalue weighted by Gasteiger charge is -2.14. The average Bonchev–Trinajstić information content (AvgIpc) is 2.45. The first-order valence-electron chi connectivity index (χ1n) is 8.64. The maximum atomic E-state index is 5.99. The second-order valence-corrected chi connectivity index (χ2v) is 6.15. The van der Waals surface area contributed by atoms with Crippen LogP contribution in [0.4, 0.5) is 0 Å². The number of benzene rings is 1. The molecule has 2 N–H and O–H groups in total. The molecule has 0 aliphatic rings. The number of unbranched alkanes of at least 4 members (excludes halogenated alkanes) is 7. The molecule has 1 aromatic carbocycles. The minimum absolute atomic E-state index is 0.0270. The van der Waals surface area contributed by atoms with Gasteiger partial charge in [-0.05, 0) is 31.9 Å². The van der Waals surface area contributed by atoms with Crippen LogP contribution in [0.1, 0.15) is 82.4 Å². The fraction of sp³-hybridized carbons (Fsp3) is 0.684. The Balaban J connectivity index is 2.19. The molecule has 2 nitrogen and oxygen atoms in total. The second-order valence-electron chi connectivity index (χ2n) is 6.15. The van der Waals surface area contributed by atoms with Crippen molar-refractivity contribution in [2.75, 3.05) is 6.61 Å². The Kier molecular flexibility index (Phi) is 9.16. The summed E-state index contributed by atoms with van der Waals surface area (Å²) < 4.78 is 5.94. The van der Waals surface area contributed by atoms with Gasteiger partial charge >= 0.3 is 0 Å². The van der Waals surface area contributed by atoms with Crippen LogP contribution < -0.4 is 10.5 Å². The zero-order chi connectivity index (χ0) is 15.5. The fourth-order valence-electron chi connectivity index (χ4n) is 2.56. The quantitative estimate of drug-likeness (QED) is 0.544. The minimum atomic E-state index is 0.0270. The van der Waals surface area contributed by atoms with E-state index >= 15 is 0 Å². The van der Waals surface area contributed by atoms with Gasteiger partial charge in [0.2, 0.25) is 0 Å². The van der Waals surface area contributed by atoms with Crippen LogP contribution in [0.3, 0.4) is 0 Å². The third-order valence-electron chi connectivity index (χ3n) is 3.92. The van der Waals surface area contributed by atoms with Crippen LogP contribution in [-0.2, 0) is 0 Å². The Hall–Kier alpha value is -1.02. The fourth-order valence-corrected chi connectivity index (χ4v) is 2.56. The van der Waals surface area contributed by atoms with Gasteiger partial charge in [0.15, 0.2) is 0 Å². The molecule has 0 heterocycles. The summed E-state index contributed by atoms with van der Waals surface area (Å²) in [7, 11) is 0. The molecule has 1 rings (SSSR count). The summed E-state index contributed by atoms with van der Waals surface area (Å²) in [6, 6.07) is 6.31. The van der Waals surface area contributed by atoms with Gasteiger partial charge in [0.1, 0.15) is 5.75 Å². The van der Waals surface area contributed by atoms with E-state index in [2.05, 4.69) is 32.0 Å². The molecular formula is C19H33NO. The Morgan fingerprint density at radius 1 is 1.00 bits per heavy atom. The Labute approximate surface area is 131 Å². The van der Waals surface area contributed by atoms with E-state index < -0.39 is 0 Å². The SMILES string of the molecule is CCCCCCCCCCOc1cc(C)ccc1C(C)N. The number of aryl methyl sites for hydroxylation is 1. The van der Waals surface area contributed by atoms with E-state index in [1.165, 1.54) is 50.5 Å². The van der Waals surface area contributed by atoms with Gasteiger partial charge < -0.3 is 10.5 Å². The van der Waals surface area contributed by atoms with Crippen LogP contribution in [0.5, 0.6) is 5.75 Å². The summed E-state index contributed by atoms with van der Waals surface area (Å²) >= 11 is 0. The van der Waals surface area contributed by atoms with Crippen molar-refractivity contribution >= 4 is 0 Å². The van der Waals surface area contributed by atoms with Gasteiger partial charge in [0, 0.05) is 11.6 Å². The highest BCUT2D eigenvalue weighted by Gasteiger charge is 2.08. The van der Waals surface area contributed by atoms with E-state index in [9.17, 15) is 0 Å². The van der Waals surface area contributed by atoms with Gasteiger partial charge in [-0.25, -0.2) is 0 Å². The van der Waals surface area contributed by atoms with Crippen LogP contribution in [0.25, 0.3) is 0 Å². The van der Waals surface area contributed by atoms with Gasteiger partial charge in [-0.1, -0.05) is 64.0 Å². The van der Waals surface area contributed by atoms with E-state index in [0.717, 1.165) is 24.3 Å². The lowest BCUT2D eigenvalue weighted by molar-refractivity contribution is 0.300. The molecule has 0 aliphatic carbocycles. The Morgan fingerprint density at radius 3 is 2.24 bits per heavy atom. The predicted molar refractivity (Wildman–Crippen MR) is 91.9 cm³/mol. The summed E-state index contributed by atoms with van der Waals surface area (Å²) in [5.74, 6) is 0.966. The molecule has 0 aliphatic heterocycles. The molecule has 0 aromatic heterocycles. The van der Waals surface area contributed by atoms with E-state index in [1.807, 2.05) is 6.92 Å². The molecule has 120 valence electrons. The second kappa shape index (κ2) is 10.7. The molecule has 0 amide bonds. The minimum Gasteiger partial charge on any atom is -0.493 e. The first-order chi connectivity index (χ1) is 10.1. The van der Waals surface area contributed by atoms with Gasteiger partial charge in [0.25, 0.3) is 0 Å². The third kappa shape index (κ3) is 7.52. The normalized spacial score (nSPS) is 12.4. The van der Waals surface area contributed by atoms with E-state index in [1.54, 1.807) is 0 Å². The maximum Gasteiger partial charge on any atom is 0.124 e. The van der Waals surface area contributed by atoms with Crippen LogP contribution in [0, 0.1) is 6.92 Å². The topological polar surface area (TPSA) is 35.2 Å². The van der Waals surface area contributed by atoms with Crippen molar-refractivity contribution in [2.24, 2.45) is 5.73 Å². The molecule has 0 fully saturated rings. The van der Waals surface area contributed by atoms with Crippen LogP contribution in [0.15, 0.2) is 18.2 Å². The monoisotopic (exact) mass is 291 g/mol. The zero-order valence-electron chi connectivity index (χ0n) is 14.2. The predicted octanol–water partition coefficient (Wildman–Crippen LogP) is 5.53. The third-order valence-corrected chi connectivity index (χ3v) is 3.92. The maximum absolute atomic E-state index is 5.99. The van der Waals surface area contributed by atoms with E-state index in [0.29, 0.717) is 0 Å². The lowest BCUT2D eigenvalue weighted by Crippen LogP contribution is -2.09. The van der Waals surface area contributed by atoms with Crippen LogP contribution >= 0.6 is 0 Å². The molecule has 1 aromatic rings. The number of hydrogen-bond acceptors (Lipinski definition) is 2. The number of nitrogens with two attached hydrogens (primary N) is 1. The standard InChI is InChI=1S/C19H33NO/c1-4-5-6-7-8-9-10-11-14-21-19-15-16(2)12-13-18(19)17(3)20/h12-13,15,17H,4-11,14,20H2,1-3H3. The number of ether oxygens (including phenoxy) is 1. The van der Waals surface area contributed by atoms with Crippen molar-refractivity contribution < 1.29 is 4.74 Å². The Morgan fingerprint density at radius 2 is 1.62 bits per heavy atom. The molecule has 0 radical (unpaired) electrons. The van der Waals surface area contributed by atoms with Gasteiger partial charge in [-0.3, -0.25) is 0 Å². The number of hydrogen-bond donors (Lipinski definition) is 1. The molecule has 0 saturated heterocycles. The van der Waals surface area contributed by atoms with Crippen molar-refractivity contribution in [3.63, 3.8) is 0 Å². The highest BCUT2D eigenvalue weighted by molar-refractivity contribution is 5.38. The molecule has 0 saturated carbocycles. The first-order valence-corrected chi connectivity index (χ1v) is 8.64. The van der Waals surface area contributed by atoms with E-state index in [4.69, 9.17) is 10.5 Å². The molecule has 0 spiro atoms. The zero-order valence-corrected chi connectivity index (χ0v) is 14.2. The summed E-state index contributed by atoms with van der Waals surface area (Å²) in [6.45, 7) is 7.17. The number of rotatable bonds is 11. The van der Waals surface area contributed by atoms with Crippen molar-refractivity contribution in [1.29, 1.82) is 0 Å². The summed E-state index contributed by atoms with van der Waals surface area (Å²) in [5, 5.41) is 0. The smallest absolute Gasteiger partial charge is 0.124 e. The largest absolute Gasteiger partial charge is 0.493 e. The van der Waals surface area contributed by atoms with Gasteiger partial charge in [-0.2, -0.15) is 0 Å². The highest BCUT2D eigenvalue weighted by Crippen LogP contribution is 2.25. The summed E-state index contributed by atoms with van der Waals surface area (Å²) in [6.07, 6.45) is 10.6. The molecule has 1 atom stereocenters. The lowest BCUT2D eigenvalue weighted by atomic mass is 10.1. The van der Waals surface area contributed by atoms with Crippen LogP contribution in [-0.4, -0.2) is 6.61 Å². The van der Waals surface area contributed by atoms with E-state index in [-0.39, 0.29) is 6.04 Å². The van der Waals surface area contributed by atoms with Crippen molar-refractivity contribution in [3.8, 4) is 5.75 Å². The molecule has 2 heteroatoms. The van der Waals surface area contributed by atoms with Crippen LogP contribution in [0.2, 0.25) is 0 Å².